The Morgan fingerprint density at radius 3 is 2.34 bits per heavy atom. The predicted octanol–water partition coefficient (Wildman–Crippen LogP) is 4.51. The van der Waals surface area contributed by atoms with Crippen LogP contribution in [0.25, 0.3) is 0 Å². The van der Waals surface area contributed by atoms with Gasteiger partial charge in [-0.3, -0.25) is 9.59 Å². The Kier molecular flexibility index (Phi) is 9.43. The molecule has 168 valence electrons. The van der Waals surface area contributed by atoms with Gasteiger partial charge in [-0.1, -0.05) is 45.6 Å². The van der Waals surface area contributed by atoms with Crippen LogP contribution in [-0.4, -0.2) is 30.0 Å². The van der Waals surface area contributed by atoms with Crippen LogP contribution >= 0.6 is 0 Å². The van der Waals surface area contributed by atoms with Gasteiger partial charge in [0.2, 0.25) is 5.91 Å². The van der Waals surface area contributed by atoms with Crippen LogP contribution in [0.4, 0.5) is 11.4 Å². The average molecular weight is 435 g/mol. The van der Waals surface area contributed by atoms with Crippen molar-refractivity contribution >= 4 is 23.2 Å². The van der Waals surface area contributed by atoms with E-state index >= 15 is 0 Å². The quantitative estimate of drug-likeness (QED) is 0.421. The van der Waals surface area contributed by atoms with Gasteiger partial charge in [0, 0.05) is 23.9 Å². The van der Waals surface area contributed by atoms with Gasteiger partial charge in [-0.2, -0.15) is 5.11 Å². The molecule has 32 heavy (non-hydrogen) atoms. The molecule has 0 fully saturated rings. The normalized spacial score (nSPS) is 10.8. The van der Waals surface area contributed by atoms with E-state index in [2.05, 4.69) is 32.7 Å². The average Bonchev–Trinajstić information content (AvgIpc) is 2.76. The zero-order valence-electron chi connectivity index (χ0n) is 19.0. The van der Waals surface area contributed by atoms with Crippen molar-refractivity contribution in [2.24, 2.45) is 22.1 Å². The van der Waals surface area contributed by atoms with Gasteiger partial charge in [0.05, 0.1) is 12.2 Å². The summed E-state index contributed by atoms with van der Waals surface area (Å²) in [7, 11) is 0. The summed E-state index contributed by atoms with van der Waals surface area (Å²) in [6.07, 6.45) is 0.607. The lowest BCUT2D eigenvalue weighted by molar-refractivity contribution is -0.123. The van der Waals surface area contributed by atoms with Crippen molar-refractivity contribution in [3.05, 3.63) is 53.6 Å². The number of hydrogen-bond donors (Lipinski definition) is 3. The van der Waals surface area contributed by atoms with Crippen LogP contribution in [0.15, 0.2) is 52.7 Å². The number of carbonyl (C=O) groups is 2. The monoisotopic (exact) mass is 434 g/mol. The van der Waals surface area contributed by atoms with Crippen LogP contribution in [-0.2, 0) is 11.2 Å². The molecule has 0 heterocycles. The number of carbonyl (C=O) groups excluding carboxylic acids is 2. The highest BCUT2D eigenvalue weighted by Crippen LogP contribution is 2.29. The third-order valence-electron chi connectivity index (χ3n) is 4.41. The molecular weight excluding hydrogens is 404 g/mol. The van der Waals surface area contributed by atoms with E-state index in [0.29, 0.717) is 36.4 Å². The first-order valence-corrected chi connectivity index (χ1v) is 10.6. The minimum Gasteiger partial charge on any atom is -0.506 e. The standard InChI is InChI=1S/C25H30N4O3/c1-17(2)6-5-14-26-25(32)20-8-10-21(11-9-20)28-29-22-12-7-19(16-23(22)30)13-15-27-24(31)18(3)4/h7-12,16-18,30H,13-15H2,1-4H3,(H,26,32)(H,27,31)/b29-28+. The van der Waals surface area contributed by atoms with E-state index in [1.807, 2.05) is 33.8 Å². The van der Waals surface area contributed by atoms with Gasteiger partial charge in [-0.15, -0.1) is 5.11 Å². The molecule has 0 aliphatic rings. The fourth-order valence-electron chi connectivity index (χ4n) is 2.62. The number of azo groups is 1. The predicted molar refractivity (Wildman–Crippen MR) is 125 cm³/mol. The summed E-state index contributed by atoms with van der Waals surface area (Å²) in [5, 5.41) is 24.0. The van der Waals surface area contributed by atoms with Crippen molar-refractivity contribution in [2.75, 3.05) is 13.1 Å². The number of amides is 2. The molecule has 0 bridgehead atoms. The fourth-order valence-corrected chi connectivity index (χ4v) is 2.62. The number of aromatic hydroxyl groups is 1. The maximum absolute atomic E-state index is 12.1. The SMILES string of the molecule is CC(C)C#CCNC(=O)c1ccc(/N=N/c2ccc(CCNC(=O)C(C)C)cc2O)cc1. The van der Waals surface area contributed by atoms with Crippen LogP contribution in [0.1, 0.15) is 43.6 Å². The van der Waals surface area contributed by atoms with Gasteiger partial charge in [0.15, 0.2) is 0 Å². The molecule has 2 rings (SSSR count). The van der Waals surface area contributed by atoms with Gasteiger partial charge in [0.25, 0.3) is 5.91 Å². The lowest BCUT2D eigenvalue weighted by Gasteiger charge is -2.08. The smallest absolute Gasteiger partial charge is 0.252 e. The van der Waals surface area contributed by atoms with Crippen molar-refractivity contribution in [3.8, 4) is 17.6 Å². The topological polar surface area (TPSA) is 103 Å². The molecule has 2 aromatic carbocycles. The summed E-state index contributed by atoms with van der Waals surface area (Å²) in [4.78, 5) is 23.7. The highest BCUT2D eigenvalue weighted by molar-refractivity contribution is 5.94. The summed E-state index contributed by atoms with van der Waals surface area (Å²) < 4.78 is 0. The molecule has 7 nitrogen and oxygen atoms in total. The third kappa shape index (κ3) is 8.23. The molecule has 0 aliphatic carbocycles. The Bertz CT molecular complexity index is 1020. The molecule has 0 aromatic heterocycles. The Labute approximate surface area is 189 Å². The van der Waals surface area contributed by atoms with Crippen LogP contribution in [0.2, 0.25) is 0 Å². The fraction of sp³-hybridized carbons (Fsp3) is 0.360. The maximum Gasteiger partial charge on any atom is 0.252 e. The lowest BCUT2D eigenvalue weighted by Crippen LogP contribution is -2.29. The molecule has 0 radical (unpaired) electrons. The summed E-state index contributed by atoms with van der Waals surface area (Å²) in [5.74, 6) is 5.92. The highest BCUT2D eigenvalue weighted by atomic mass is 16.3. The van der Waals surface area contributed by atoms with Crippen LogP contribution in [0.5, 0.6) is 5.75 Å². The first-order valence-electron chi connectivity index (χ1n) is 10.6. The van der Waals surface area contributed by atoms with E-state index in [-0.39, 0.29) is 29.4 Å². The Hall–Kier alpha value is -3.66. The number of nitrogens with zero attached hydrogens (tertiary/aromatic N) is 2. The molecule has 2 aromatic rings. The minimum atomic E-state index is -0.204. The number of phenolic OH excluding ortho intramolecular Hbond substituents is 1. The zero-order valence-corrected chi connectivity index (χ0v) is 19.0. The third-order valence-corrected chi connectivity index (χ3v) is 4.41. The molecule has 2 amide bonds. The summed E-state index contributed by atoms with van der Waals surface area (Å²) in [5.41, 5.74) is 2.29. The number of nitrogens with one attached hydrogen (secondary N) is 2. The second-order valence-corrected chi connectivity index (χ2v) is 7.92. The van der Waals surface area contributed by atoms with E-state index < -0.39 is 0 Å². The second-order valence-electron chi connectivity index (χ2n) is 7.92. The first kappa shape index (κ1) is 24.6. The van der Waals surface area contributed by atoms with Crippen LogP contribution < -0.4 is 10.6 Å². The summed E-state index contributed by atoms with van der Waals surface area (Å²) in [6.45, 7) is 8.47. The summed E-state index contributed by atoms with van der Waals surface area (Å²) >= 11 is 0. The second kappa shape index (κ2) is 12.3. The number of rotatable bonds is 8. The Balaban J connectivity index is 1.91. The largest absolute Gasteiger partial charge is 0.506 e. The van der Waals surface area contributed by atoms with Gasteiger partial charge in [0.1, 0.15) is 11.4 Å². The van der Waals surface area contributed by atoms with E-state index in [9.17, 15) is 14.7 Å². The van der Waals surface area contributed by atoms with E-state index in [4.69, 9.17) is 0 Å². The van der Waals surface area contributed by atoms with Gasteiger partial charge >= 0.3 is 0 Å². The van der Waals surface area contributed by atoms with E-state index in [1.54, 1.807) is 36.4 Å². The molecule has 0 saturated carbocycles. The molecule has 0 unspecified atom stereocenters. The number of hydrogen-bond acceptors (Lipinski definition) is 5. The molecule has 0 atom stereocenters. The van der Waals surface area contributed by atoms with Crippen molar-refractivity contribution in [3.63, 3.8) is 0 Å². The van der Waals surface area contributed by atoms with E-state index in [1.165, 1.54) is 0 Å². The van der Waals surface area contributed by atoms with Gasteiger partial charge in [-0.25, -0.2) is 0 Å². The first-order chi connectivity index (χ1) is 15.3. The zero-order chi connectivity index (χ0) is 23.5. The molecule has 0 saturated heterocycles. The molecule has 0 aliphatic heterocycles. The van der Waals surface area contributed by atoms with Crippen molar-refractivity contribution in [2.45, 2.75) is 34.1 Å². The number of phenols is 1. The van der Waals surface area contributed by atoms with Gasteiger partial charge < -0.3 is 15.7 Å². The van der Waals surface area contributed by atoms with Crippen molar-refractivity contribution in [1.29, 1.82) is 0 Å². The van der Waals surface area contributed by atoms with Crippen molar-refractivity contribution < 1.29 is 14.7 Å². The molecule has 7 heteroatoms. The highest BCUT2D eigenvalue weighted by Gasteiger charge is 2.07. The Morgan fingerprint density at radius 1 is 1.00 bits per heavy atom. The van der Waals surface area contributed by atoms with Gasteiger partial charge in [-0.05, 0) is 48.4 Å². The van der Waals surface area contributed by atoms with E-state index in [0.717, 1.165) is 5.56 Å². The molecular formula is C25H30N4O3. The lowest BCUT2D eigenvalue weighted by atomic mass is 10.1. The summed E-state index contributed by atoms with van der Waals surface area (Å²) in [6, 6.07) is 11.8. The van der Waals surface area contributed by atoms with Crippen LogP contribution in [0, 0.1) is 23.7 Å². The molecule has 3 N–H and O–H groups in total. The minimum absolute atomic E-state index is 0.00273. The Morgan fingerprint density at radius 2 is 1.72 bits per heavy atom. The van der Waals surface area contributed by atoms with Crippen molar-refractivity contribution in [1.82, 2.24) is 10.6 Å². The number of benzene rings is 2. The van der Waals surface area contributed by atoms with Crippen LogP contribution in [0.3, 0.4) is 0 Å². The molecule has 0 spiro atoms. The maximum atomic E-state index is 12.1.